The molecule has 0 radical (unpaired) electrons. The molecule has 1 aromatic carbocycles. The van der Waals surface area contributed by atoms with Crippen molar-refractivity contribution in [3.63, 3.8) is 0 Å². The van der Waals surface area contributed by atoms with E-state index in [0.717, 1.165) is 25.2 Å². The van der Waals surface area contributed by atoms with Crippen LogP contribution in [0.5, 0.6) is 5.75 Å². The summed E-state index contributed by atoms with van der Waals surface area (Å²) in [5.74, 6) is -0.0507. The number of nitro benzene ring substituents is 1. The Morgan fingerprint density at radius 1 is 1.15 bits per heavy atom. The third-order valence-electron chi connectivity index (χ3n) is 4.27. The molecule has 1 aliphatic rings. The molecule has 0 atom stereocenters. The molecular weight excluding hydrogens is 336 g/mol. The molecule has 136 valence electrons. The standard InChI is InChI=1S/C18H20N4O4/c23-18(14-26-17-6-2-1-5-16(17)22(24)25)21-10-8-20(9-11-21)13-15-4-3-7-19-12-15/h1-7,12H,8-11,13-14H2. The molecule has 0 N–H and O–H groups in total. The molecule has 8 heteroatoms. The minimum Gasteiger partial charge on any atom is -0.477 e. The van der Waals surface area contributed by atoms with Gasteiger partial charge in [-0.2, -0.15) is 0 Å². The third kappa shape index (κ3) is 4.54. The number of para-hydroxylation sites is 2. The fourth-order valence-electron chi connectivity index (χ4n) is 2.87. The number of ether oxygens (including phenoxy) is 1. The van der Waals surface area contributed by atoms with Crippen molar-refractivity contribution >= 4 is 11.6 Å². The van der Waals surface area contributed by atoms with Gasteiger partial charge < -0.3 is 9.64 Å². The second-order valence-electron chi connectivity index (χ2n) is 6.03. The molecule has 1 aliphatic heterocycles. The van der Waals surface area contributed by atoms with Gasteiger partial charge in [-0.3, -0.25) is 24.8 Å². The minimum absolute atomic E-state index is 0.112. The average molecular weight is 356 g/mol. The van der Waals surface area contributed by atoms with E-state index in [0.29, 0.717) is 13.1 Å². The summed E-state index contributed by atoms with van der Waals surface area (Å²) in [5.41, 5.74) is 1.01. The maximum atomic E-state index is 12.3. The first kappa shape index (κ1) is 17.8. The van der Waals surface area contributed by atoms with E-state index in [1.165, 1.54) is 12.1 Å². The first-order chi connectivity index (χ1) is 12.6. The van der Waals surface area contributed by atoms with Crippen LogP contribution in [0, 0.1) is 10.1 Å². The lowest BCUT2D eigenvalue weighted by atomic mass is 10.2. The molecular formula is C18H20N4O4. The van der Waals surface area contributed by atoms with Gasteiger partial charge >= 0.3 is 5.69 Å². The first-order valence-corrected chi connectivity index (χ1v) is 8.39. The predicted octanol–water partition coefficient (Wildman–Crippen LogP) is 1.71. The van der Waals surface area contributed by atoms with E-state index in [-0.39, 0.29) is 24.0 Å². The lowest BCUT2D eigenvalue weighted by Crippen LogP contribution is -2.49. The smallest absolute Gasteiger partial charge is 0.310 e. The molecule has 26 heavy (non-hydrogen) atoms. The molecule has 8 nitrogen and oxygen atoms in total. The Hall–Kier alpha value is -3.00. The zero-order valence-electron chi connectivity index (χ0n) is 14.3. The van der Waals surface area contributed by atoms with Crippen LogP contribution in [-0.4, -0.2) is 58.4 Å². The molecule has 0 aliphatic carbocycles. The maximum Gasteiger partial charge on any atom is 0.310 e. The zero-order valence-corrected chi connectivity index (χ0v) is 14.3. The Balaban J connectivity index is 1.48. The number of amides is 1. The van der Waals surface area contributed by atoms with Crippen LogP contribution >= 0.6 is 0 Å². The van der Waals surface area contributed by atoms with Crippen LogP contribution in [-0.2, 0) is 11.3 Å². The monoisotopic (exact) mass is 356 g/mol. The summed E-state index contributed by atoms with van der Waals surface area (Å²) < 4.78 is 5.38. The number of hydrogen-bond acceptors (Lipinski definition) is 6. The van der Waals surface area contributed by atoms with Gasteiger partial charge in [0.15, 0.2) is 12.4 Å². The van der Waals surface area contributed by atoms with Crippen molar-refractivity contribution in [3.05, 3.63) is 64.5 Å². The van der Waals surface area contributed by atoms with E-state index >= 15 is 0 Å². The summed E-state index contributed by atoms with van der Waals surface area (Å²) in [6, 6.07) is 10.0. The molecule has 1 fully saturated rings. The van der Waals surface area contributed by atoms with Gasteiger partial charge in [0.25, 0.3) is 5.91 Å². The quantitative estimate of drug-likeness (QED) is 0.578. The van der Waals surface area contributed by atoms with Crippen molar-refractivity contribution in [1.82, 2.24) is 14.8 Å². The molecule has 2 heterocycles. The molecule has 0 unspecified atom stereocenters. The largest absolute Gasteiger partial charge is 0.477 e. The average Bonchev–Trinajstić information content (AvgIpc) is 2.67. The summed E-state index contributed by atoms with van der Waals surface area (Å²) in [5, 5.41) is 11.0. The second-order valence-corrected chi connectivity index (χ2v) is 6.03. The minimum atomic E-state index is -0.517. The fourth-order valence-corrected chi connectivity index (χ4v) is 2.87. The Morgan fingerprint density at radius 2 is 1.92 bits per heavy atom. The highest BCUT2D eigenvalue weighted by Crippen LogP contribution is 2.25. The number of pyridine rings is 1. The number of carbonyl (C=O) groups is 1. The molecule has 0 saturated carbocycles. The third-order valence-corrected chi connectivity index (χ3v) is 4.27. The van der Waals surface area contributed by atoms with Crippen molar-refractivity contribution in [1.29, 1.82) is 0 Å². The van der Waals surface area contributed by atoms with Crippen LogP contribution in [0.15, 0.2) is 48.8 Å². The van der Waals surface area contributed by atoms with Gasteiger partial charge in [-0.1, -0.05) is 18.2 Å². The van der Waals surface area contributed by atoms with Crippen LogP contribution in [0.4, 0.5) is 5.69 Å². The van der Waals surface area contributed by atoms with Crippen molar-refractivity contribution in [2.45, 2.75) is 6.54 Å². The first-order valence-electron chi connectivity index (χ1n) is 8.39. The topological polar surface area (TPSA) is 88.8 Å². The van der Waals surface area contributed by atoms with Crippen molar-refractivity contribution in [2.24, 2.45) is 0 Å². The van der Waals surface area contributed by atoms with Crippen LogP contribution in [0.2, 0.25) is 0 Å². The Labute approximate surface area is 151 Å². The van der Waals surface area contributed by atoms with Crippen LogP contribution in [0.3, 0.4) is 0 Å². The van der Waals surface area contributed by atoms with Gasteiger partial charge in [-0.25, -0.2) is 0 Å². The molecule has 1 aromatic heterocycles. The van der Waals surface area contributed by atoms with Crippen molar-refractivity contribution in [2.75, 3.05) is 32.8 Å². The summed E-state index contributed by atoms with van der Waals surface area (Å²) in [6.45, 7) is 3.37. The number of piperazine rings is 1. The molecule has 1 saturated heterocycles. The van der Waals surface area contributed by atoms with Crippen molar-refractivity contribution < 1.29 is 14.5 Å². The Kier molecular flexibility index (Phi) is 5.75. The van der Waals surface area contributed by atoms with E-state index in [2.05, 4.69) is 9.88 Å². The van der Waals surface area contributed by atoms with E-state index < -0.39 is 4.92 Å². The zero-order chi connectivity index (χ0) is 18.4. The van der Waals surface area contributed by atoms with E-state index in [1.807, 2.05) is 18.3 Å². The number of carbonyl (C=O) groups excluding carboxylic acids is 1. The summed E-state index contributed by atoms with van der Waals surface area (Å²) in [6.07, 6.45) is 3.59. The van der Waals surface area contributed by atoms with Crippen LogP contribution < -0.4 is 4.74 Å². The lowest BCUT2D eigenvalue weighted by Gasteiger charge is -2.34. The number of rotatable bonds is 6. The lowest BCUT2D eigenvalue weighted by molar-refractivity contribution is -0.385. The van der Waals surface area contributed by atoms with Crippen LogP contribution in [0.25, 0.3) is 0 Å². The van der Waals surface area contributed by atoms with E-state index in [1.54, 1.807) is 23.2 Å². The molecule has 0 bridgehead atoms. The van der Waals surface area contributed by atoms with Gasteiger partial charge in [0.05, 0.1) is 4.92 Å². The molecule has 1 amide bonds. The van der Waals surface area contributed by atoms with Gasteiger partial charge in [0, 0.05) is 51.2 Å². The SMILES string of the molecule is O=C(COc1ccccc1[N+](=O)[O-])N1CCN(Cc2cccnc2)CC1. The van der Waals surface area contributed by atoms with Crippen molar-refractivity contribution in [3.8, 4) is 5.75 Å². The second kappa shape index (κ2) is 8.39. The number of benzene rings is 1. The summed E-state index contributed by atoms with van der Waals surface area (Å²) in [4.78, 5) is 30.9. The highest BCUT2D eigenvalue weighted by atomic mass is 16.6. The highest BCUT2D eigenvalue weighted by molar-refractivity contribution is 5.78. The summed E-state index contributed by atoms with van der Waals surface area (Å²) in [7, 11) is 0. The molecule has 0 spiro atoms. The highest BCUT2D eigenvalue weighted by Gasteiger charge is 2.22. The Morgan fingerprint density at radius 3 is 2.62 bits per heavy atom. The number of nitro groups is 1. The van der Waals surface area contributed by atoms with E-state index in [9.17, 15) is 14.9 Å². The Bertz CT molecular complexity index is 761. The normalized spacial score (nSPS) is 14.8. The summed E-state index contributed by atoms with van der Waals surface area (Å²) >= 11 is 0. The van der Waals surface area contributed by atoms with Gasteiger partial charge in [-0.15, -0.1) is 0 Å². The maximum absolute atomic E-state index is 12.3. The van der Waals surface area contributed by atoms with Gasteiger partial charge in [0.1, 0.15) is 0 Å². The number of aromatic nitrogens is 1. The van der Waals surface area contributed by atoms with Gasteiger partial charge in [0.2, 0.25) is 0 Å². The van der Waals surface area contributed by atoms with Gasteiger partial charge in [-0.05, 0) is 17.7 Å². The predicted molar refractivity (Wildman–Crippen MR) is 94.7 cm³/mol. The van der Waals surface area contributed by atoms with E-state index in [4.69, 9.17) is 4.74 Å². The number of nitrogens with zero attached hydrogens (tertiary/aromatic N) is 4. The number of hydrogen-bond donors (Lipinski definition) is 0. The van der Waals surface area contributed by atoms with Crippen LogP contribution in [0.1, 0.15) is 5.56 Å². The fraction of sp³-hybridized carbons (Fsp3) is 0.333. The molecule has 3 rings (SSSR count). The molecule has 2 aromatic rings.